The van der Waals surface area contributed by atoms with Crippen LogP contribution in [0, 0.1) is 5.82 Å². The lowest BCUT2D eigenvalue weighted by Crippen LogP contribution is -2.31. The molecule has 0 radical (unpaired) electrons. The van der Waals surface area contributed by atoms with Crippen LogP contribution in [-0.2, 0) is 14.3 Å². The number of ether oxygens (including phenoxy) is 1. The number of aliphatic hydroxyl groups is 1. The van der Waals surface area contributed by atoms with Crippen LogP contribution in [0.5, 0.6) is 0 Å². The number of carbonyl (C=O) groups is 2. The molecule has 136 valence electrons. The minimum absolute atomic E-state index is 0.0337. The standard InChI is InChI=1S/C15H15FN6O4/c1-26-15(25)10-7-21(4-5-23)14(24)13(10)18-12-6-9(2-3-11(12)16)22-8-17-19-20-22/h2-3,6,8,18,23H,4-5,7H2,1H3. The molecule has 0 atom stereocenters. The average Bonchev–Trinajstić information content (AvgIpc) is 3.27. The van der Waals surface area contributed by atoms with Crippen LogP contribution in [0.4, 0.5) is 10.1 Å². The molecule has 0 saturated heterocycles. The SMILES string of the molecule is COC(=O)C1=C(Nc2cc(-n3cnnn3)ccc2F)C(=O)N(CCO)C1. The van der Waals surface area contributed by atoms with Crippen molar-refractivity contribution in [3.8, 4) is 5.69 Å². The van der Waals surface area contributed by atoms with Crippen molar-refractivity contribution in [2.45, 2.75) is 0 Å². The Balaban J connectivity index is 1.96. The molecule has 26 heavy (non-hydrogen) atoms. The maximum atomic E-state index is 14.2. The highest BCUT2D eigenvalue weighted by atomic mass is 19.1. The number of amides is 1. The van der Waals surface area contributed by atoms with E-state index in [0.29, 0.717) is 5.69 Å². The fraction of sp³-hybridized carbons (Fsp3) is 0.267. The summed E-state index contributed by atoms with van der Waals surface area (Å²) in [6, 6.07) is 4.04. The van der Waals surface area contributed by atoms with Crippen molar-refractivity contribution in [1.29, 1.82) is 0 Å². The van der Waals surface area contributed by atoms with Gasteiger partial charge in [0, 0.05) is 6.54 Å². The second-order valence-corrected chi connectivity index (χ2v) is 5.34. The monoisotopic (exact) mass is 362 g/mol. The van der Waals surface area contributed by atoms with E-state index in [9.17, 15) is 14.0 Å². The minimum Gasteiger partial charge on any atom is -0.466 e. The molecule has 2 heterocycles. The molecule has 0 spiro atoms. The van der Waals surface area contributed by atoms with Gasteiger partial charge < -0.3 is 20.1 Å². The summed E-state index contributed by atoms with van der Waals surface area (Å²) in [6.07, 6.45) is 1.33. The fourth-order valence-electron chi connectivity index (χ4n) is 2.51. The quantitative estimate of drug-likeness (QED) is 0.658. The number of esters is 1. The van der Waals surface area contributed by atoms with Crippen molar-refractivity contribution in [1.82, 2.24) is 25.1 Å². The lowest BCUT2D eigenvalue weighted by atomic mass is 10.2. The van der Waals surface area contributed by atoms with Gasteiger partial charge in [-0.1, -0.05) is 0 Å². The third-order valence-electron chi connectivity index (χ3n) is 3.78. The summed E-state index contributed by atoms with van der Waals surface area (Å²) in [4.78, 5) is 25.7. The van der Waals surface area contributed by atoms with Gasteiger partial charge in [0.2, 0.25) is 0 Å². The second kappa shape index (κ2) is 7.27. The Hall–Kier alpha value is -3.34. The number of aromatic nitrogens is 4. The van der Waals surface area contributed by atoms with Gasteiger partial charge in [0.05, 0.1) is 37.2 Å². The first kappa shape index (κ1) is 17.5. The number of anilines is 1. The van der Waals surface area contributed by atoms with E-state index in [1.807, 2.05) is 0 Å². The molecule has 1 aromatic carbocycles. The number of hydrogen-bond acceptors (Lipinski definition) is 8. The highest BCUT2D eigenvalue weighted by Gasteiger charge is 2.34. The van der Waals surface area contributed by atoms with Gasteiger partial charge in [0.15, 0.2) is 0 Å². The zero-order valence-corrected chi connectivity index (χ0v) is 13.7. The van der Waals surface area contributed by atoms with Crippen molar-refractivity contribution in [2.75, 3.05) is 32.1 Å². The first-order chi connectivity index (χ1) is 12.5. The molecule has 0 bridgehead atoms. The summed E-state index contributed by atoms with van der Waals surface area (Å²) < 4.78 is 20.2. The molecule has 2 aromatic rings. The summed E-state index contributed by atoms with van der Waals surface area (Å²) >= 11 is 0. The second-order valence-electron chi connectivity index (χ2n) is 5.34. The van der Waals surface area contributed by atoms with Gasteiger partial charge >= 0.3 is 5.97 Å². The Morgan fingerprint density at radius 3 is 2.92 bits per heavy atom. The molecule has 1 aliphatic rings. The normalized spacial score (nSPS) is 14.1. The number of nitrogens with zero attached hydrogens (tertiary/aromatic N) is 5. The highest BCUT2D eigenvalue weighted by Crippen LogP contribution is 2.25. The van der Waals surface area contributed by atoms with E-state index in [1.54, 1.807) is 0 Å². The molecule has 10 nitrogen and oxygen atoms in total. The Morgan fingerprint density at radius 2 is 2.27 bits per heavy atom. The smallest absolute Gasteiger partial charge is 0.337 e. The summed E-state index contributed by atoms with van der Waals surface area (Å²) in [5.74, 6) is -1.88. The lowest BCUT2D eigenvalue weighted by molar-refractivity contribution is -0.136. The summed E-state index contributed by atoms with van der Waals surface area (Å²) in [6.45, 7) is -0.267. The fourth-order valence-corrected chi connectivity index (χ4v) is 2.51. The molecule has 1 aliphatic heterocycles. The van der Waals surface area contributed by atoms with Crippen LogP contribution in [0.2, 0.25) is 0 Å². The summed E-state index contributed by atoms with van der Waals surface area (Å²) in [5, 5.41) is 22.4. The number of tetrazole rings is 1. The van der Waals surface area contributed by atoms with Crippen LogP contribution in [0.15, 0.2) is 35.8 Å². The Kier molecular flexibility index (Phi) is 4.89. The van der Waals surface area contributed by atoms with Gasteiger partial charge in [0.1, 0.15) is 17.8 Å². The average molecular weight is 362 g/mol. The molecule has 1 aromatic heterocycles. The molecule has 11 heteroatoms. The predicted molar refractivity (Wildman–Crippen MR) is 85.4 cm³/mol. The largest absolute Gasteiger partial charge is 0.466 e. The van der Waals surface area contributed by atoms with Crippen LogP contribution < -0.4 is 5.32 Å². The maximum absolute atomic E-state index is 14.2. The number of aliphatic hydroxyl groups excluding tert-OH is 1. The minimum atomic E-state index is -0.710. The van der Waals surface area contributed by atoms with E-state index in [-0.39, 0.29) is 36.7 Å². The van der Waals surface area contributed by atoms with Crippen molar-refractivity contribution < 1.29 is 23.8 Å². The first-order valence-electron chi connectivity index (χ1n) is 7.56. The van der Waals surface area contributed by atoms with Gasteiger partial charge in [-0.2, -0.15) is 0 Å². The van der Waals surface area contributed by atoms with Gasteiger partial charge in [-0.05, 0) is 28.6 Å². The summed E-state index contributed by atoms with van der Waals surface area (Å²) in [7, 11) is 1.19. The maximum Gasteiger partial charge on any atom is 0.337 e. The number of hydrogen-bond donors (Lipinski definition) is 2. The zero-order chi connectivity index (χ0) is 18.7. The van der Waals surface area contributed by atoms with Gasteiger partial charge in [-0.15, -0.1) is 5.10 Å². The summed E-state index contributed by atoms with van der Waals surface area (Å²) in [5.41, 5.74) is 0.377. The number of methoxy groups -OCH3 is 1. The van der Waals surface area contributed by atoms with Gasteiger partial charge in [-0.3, -0.25) is 4.79 Å². The third kappa shape index (κ3) is 3.24. The molecule has 2 N–H and O–H groups in total. The van der Waals surface area contributed by atoms with Crippen LogP contribution in [0.25, 0.3) is 5.69 Å². The Labute approximate surface area is 146 Å². The first-order valence-corrected chi connectivity index (χ1v) is 7.56. The van der Waals surface area contributed by atoms with Crippen molar-refractivity contribution in [3.05, 3.63) is 41.6 Å². The van der Waals surface area contributed by atoms with Crippen molar-refractivity contribution in [2.24, 2.45) is 0 Å². The lowest BCUT2D eigenvalue weighted by Gasteiger charge is -2.15. The number of carbonyl (C=O) groups excluding carboxylic acids is 2. The molecule has 0 unspecified atom stereocenters. The number of halogens is 1. The molecule has 0 saturated carbocycles. The van der Waals surface area contributed by atoms with Crippen LogP contribution in [0.3, 0.4) is 0 Å². The Bertz CT molecular complexity index is 867. The van der Waals surface area contributed by atoms with Crippen LogP contribution in [-0.4, -0.2) is 68.9 Å². The molecular weight excluding hydrogens is 347 g/mol. The molecule has 3 rings (SSSR count). The van der Waals surface area contributed by atoms with Crippen molar-refractivity contribution >= 4 is 17.6 Å². The molecular formula is C15H15FN6O4. The molecule has 0 aliphatic carbocycles. The van der Waals surface area contributed by atoms with Crippen LogP contribution in [0.1, 0.15) is 0 Å². The number of nitrogens with one attached hydrogen (secondary N) is 1. The van der Waals surface area contributed by atoms with E-state index in [1.165, 1.54) is 41.2 Å². The molecule has 1 amide bonds. The van der Waals surface area contributed by atoms with Gasteiger partial charge in [0.25, 0.3) is 5.91 Å². The topological polar surface area (TPSA) is 122 Å². The van der Waals surface area contributed by atoms with Crippen LogP contribution >= 0.6 is 0 Å². The Morgan fingerprint density at radius 1 is 1.46 bits per heavy atom. The number of rotatable bonds is 6. The predicted octanol–water partition coefficient (Wildman–Crippen LogP) is -0.525. The third-order valence-corrected chi connectivity index (χ3v) is 3.78. The van der Waals surface area contributed by atoms with Crippen molar-refractivity contribution in [3.63, 3.8) is 0 Å². The number of β-amino-alcohol motifs (C(OH)–C–C–N with tert-alkyl or cyclic N) is 1. The van der Waals surface area contributed by atoms with Gasteiger partial charge in [-0.25, -0.2) is 13.9 Å². The van der Waals surface area contributed by atoms with E-state index >= 15 is 0 Å². The van der Waals surface area contributed by atoms with E-state index in [4.69, 9.17) is 5.11 Å². The zero-order valence-electron chi connectivity index (χ0n) is 13.7. The molecule has 0 fully saturated rings. The van der Waals surface area contributed by atoms with E-state index in [2.05, 4.69) is 25.6 Å². The van der Waals surface area contributed by atoms with E-state index in [0.717, 1.165) is 0 Å². The number of benzene rings is 1. The highest BCUT2D eigenvalue weighted by molar-refractivity contribution is 6.08. The van der Waals surface area contributed by atoms with E-state index < -0.39 is 17.7 Å².